The van der Waals surface area contributed by atoms with Crippen molar-refractivity contribution in [2.24, 2.45) is 5.92 Å². The van der Waals surface area contributed by atoms with Gasteiger partial charge in [0.2, 0.25) is 0 Å². The van der Waals surface area contributed by atoms with Crippen LogP contribution in [0.2, 0.25) is 0 Å². The van der Waals surface area contributed by atoms with Gasteiger partial charge in [-0.3, -0.25) is 4.79 Å². The molecule has 3 heteroatoms. The van der Waals surface area contributed by atoms with Crippen molar-refractivity contribution in [3.05, 3.63) is 11.8 Å². The monoisotopic (exact) mass is 198 g/mol. The lowest BCUT2D eigenvalue weighted by molar-refractivity contribution is -0.173. The molecule has 1 aliphatic heterocycles. The molecule has 3 nitrogen and oxygen atoms in total. The Morgan fingerprint density at radius 3 is 2.29 bits per heavy atom. The summed E-state index contributed by atoms with van der Waals surface area (Å²) in [7, 11) is 0. The maximum absolute atomic E-state index is 11.5. The summed E-state index contributed by atoms with van der Waals surface area (Å²) in [6.07, 6.45) is 1.28. The molecule has 0 aromatic carbocycles. The molecule has 0 aliphatic carbocycles. The molecule has 1 aliphatic rings. The van der Waals surface area contributed by atoms with E-state index in [4.69, 9.17) is 4.74 Å². The van der Waals surface area contributed by atoms with Crippen molar-refractivity contribution in [3.63, 3.8) is 0 Å². The first kappa shape index (κ1) is 11.2. The minimum Gasteiger partial charge on any atom is -0.509 e. The Hall–Kier alpha value is -0.830. The van der Waals surface area contributed by atoms with Crippen LogP contribution in [0.15, 0.2) is 11.8 Å². The first-order valence-corrected chi connectivity index (χ1v) is 4.86. The van der Waals surface area contributed by atoms with Crippen molar-refractivity contribution < 1.29 is 14.6 Å². The summed E-state index contributed by atoms with van der Waals surface area (Å²) < 4.78 is 5.68. The van der Waals surface area contributed by atoms with Gasteiger partial charge in [0.1, 0.15) is 17.0 Å². The van der Waals surface area contributed by atoms with Crippen molar-refractivity contribution in [1.29, 1.82) is 0 Å². The highest BCUT2D eigenvalue weighted by atomic mass is 16.5. The van der Waals surface area contributed by atoms with Crippen LogP contribution < -0.4 is 0 Å². The van der Waals surface area contributed by atoms with E-state index in [0.29, 0.717) is 0 Å². The molecule has 0 amide bonds. The smallest absolute Gasteiger partial charge is 0.190 e. The standard InChI is InChI=1S/C11H18O3/c1-7(2)11(5)9(13)6-8(12)10(3,4)14-11/h6-7,13H,1-5H3. The van der Waals surface area contributed by atoms with Gasteiger partial charge in [0, 0.05) is 6.08 Å². The second-order valence-corrected chi connectivity index (χ2v) is 4.77. The number of ether oxygens (including phenoxy) is 1. The van der Waals surface area contributed by atoms with Gasteiger partial charge >= 0.3 is 0 Å². The first-order valence-electron chi connectivity index (χ1n) is 4.86. The molecule has 0 aromatic heterocycles. The van der Waals surface area contributed by atoms with Crippen molar-refractivity contribution in [1.82, 2.24) is 0 Å². The fraction of sp³-hybridized carbons (Fsp3) is 0.727. The highest BCUT2D eigenvalue weighted by molar-refractivity contribution is 5.97. The van der Waals surface area contributed by atoms with E-state index in [1.807, 2.05) is 13.8 Å². The third-order valence-electron chi connectivity index (χ3n) is 2.94. The van der Waals surface area contributed by atoms with E-state index < -0.39 is 11.2 Å². The van der Waals surface area contributed by atoms with Crippen LogP contribution in [-0.2, 0) is 9.53 Å². The van der Waals surface area contributed by atoms with E-state index in [0.717, 1.165) is 0 Å². The van der Waals surface area contributed by atoms with Gasteiger partial charge in [-0.25, -0.2) is 0 Å². The SMILES string of the molecule is CC(C)C1(C)OC(C)(C)C(=O)C=C1O. The van der Waals surface area contributed by atoms with E-state index in [-0.39, 0.29) is 17.5 Å². The molecule has 0 spiro atoms. The second-order valence-electron chi connectivity index (χ2n) is 4.77. The third kappa shape index (κ3) is 1.57. The number of aliphatic hydroxyl groups excluding tert-OH is 1. The highest BCUT2D eigenvalue weighted by Crippen LogP contribution is 2.37. The summed E-state index contributed by atoms with van der Waals surface area (Å²) in [5.41, 5.74) is -1.59. The minimum absolute atomic E-state index is 0.0248. The zero-order chi connectivity index (χ0) is 11.1. The maximum atomic E-state index is 11.5. The molecule has 0 saturated carbocycles. The number of hydrogen-bond acceptors (Lipinski definition) is 3. The van der Waals surface area contributed by atoms with Crippen molar-refractivity contribution >= 4 is 5.78 Å². The van der Waals surface area contributed by atoms with Gasteiger partial charge < -0.3 is 9.84 Å². The number of ketones is 1. The molecule has 0 saturated heterocycles. The Labute approximate surface area is 84.8 Å². The number of carbonyl (C=O) groups excluding carboxylic acids is 1. The summed E-state index contributed by atoms with van der Waals surface area (Å²) in [5.74, 6) is -0.0453. The average molecular weight is 198 g/mol. The van der Waals surface area contributed by atoms with Crippen molar-refractivity contribution in [3.8, 4) is 0 Å². The lowest BCUT2D eigenvalue weighted by Gasteiger charge is -2.42. The van der Waals surface area contributed by atoms with E-state index in [2.05, 4.69) is 0 Å². The Morgan fingerprint density at radius 2 is 1.86 bits per heavy atom. The zero-order valence-corrected chi connectivity index (χ0v) is 9.42. The Morgan fingerprint density at radius 1 is 1.36 bits per heavy atom. The molecule has 0 radical (unpaired) electrons. The molecule has 1 heterocycles. The van der Waals surface area contributed by atoms with Crippen molar-refractivity contribution in [2.45, 2.75) is 45.8 Å². The fourth-order valence-electron chi connectivity index (χ4n) is 1.49. The van der Waals surface area contributed by atoms with Gasteiger partial charge in [0.25, 0.3) is 0 Å². The molecule has 80 valence electrons. The number of carbonyl (C=O) groups is 1. The van der Waals surface area contributed by atoms with Crippen molar-refractivity contribution in [2.75, 3.05) is 0 Å². The third-order valence-corrected chi connectivity index (χ3v) is 2.94. The molecule has 1 N–H and O–H groups in total. The van der Waals surface area contributed by atoms with Crippen LogP contribution in [0.25, 0.3) is 0 Å². The van der Waals surface area contributed by atoms with Crippen LogP contribution >= 0.6 is 0 Å². The predicted molar refractivity (Wildman–Crippen MR) is 54.1 cm³/mol. The van der Waals surface area contributed by atoms with Gasteiger partial charge in [0.05, 0.1) is 0 Å². The first-order chi connectivity index (χ1) is 6.20. The van der Waals surface area contributed by atoms with E-state index >= 15 is 0 Å². The van der Waals surface area contributed by atoms with Gasteiger partial charge in [-0.15, -0.1) is 0 Å². The van der Waals surface area contributed by atoms with Gasteiger partial charge in [0.15, 0.2) is 5.78 Å². The number of hydrogen-bond donors (Lipinski definition) is 1. The highest BCUT2D eigenvalue weighted by Gasteiger charge is 2.46. The summed E-state index contributed by atoms with van der Waals surface area (Å²) in [5, 5.41) is 9.72. The molecular formula is C11H18O3. The largest absolute Gasteiger partial charge is 0.509 e. The second kappa shape index (κ2) is 3.09. The molecule has 1 unspecified atom stereocenters. The van der Waals surface area contributed by atoms with E-state index in [1.165, 1.54) is 6.08 Å². The molecule has 1 atom stereocenters. The van der Waals surface area contributed by atoms with Crippen LogP contribution in [0.4, 0.5) is 0 Å². The van der Waals surface area contributed by atoms with Gasteiger partial charge in [-0.1, -0.05) is 13.8 Å². The Bertz CT molecular complexity index is 289. The fourth-order valence-corrected chi connectivity index (χ4v) is 1.49. The van der Waals surface area contributed by atoms with Crippen LogP contribution in [0.5, 0.6) is 0 Å². The summed E-state index contributed by atoms with van der Waals surface area (Å²) in [6.45, 7) is 9.15. The summed E-state index contributed by atoms with van der Waals surface area (Å²) in [4.78, 5) is 11.5. The molecule has 0 bridgehead atoms. The topological polar surface area (TPSA) is 46.5 Å². The Kier molecular flexibility index (Phi) is 2.48. The lowest BCUT2D eigenvalue weighted by Crippen LogP contribution is -2.51. The van der Waals surface area contributed by atoms with Crippen LogP contribution in [0, 0.1) is 5.92 Å². The Balaban J connectivity index is 3.15. The predicted octanol–water partition coefficient (Wildman–Crippen LogP) is 2.22. The van der Waals surface area contributed by atoms with E-state index in [1.54, 1.807) is 20.8 Å². The van der Waals surface area contributed by atoms with Crippen LogP contribution in [0.3, 0.4) is 0 Å². The number of rotatable bonds is 1. The molecular weight excluding hydrogens is 180 g/mol. The summed E-state index contributed by atoms with van der Waals surface area (Å²) in [6, 6.07) is 0. The quantitative estimate of drug-likeness (QED) is 0.702. The molecule has 0 aromatic rings. The molecule has 0 fully saturated rings. The van der Waals surface area contributed by atoms with Gasteiger partial charge in [-0.2, -0.15) is 0 Å². The minimum atomic E-state index is -0.842. The lowest BCUT2D eigenvalue weighted by atomic mass is 9.84. The van der Waals surface area contributed by atoms with Crippen LogP contribution in [0.1, 0.15) is 34.6 Å². The average Bonchev–Trinajstić information content (AvgIpc) is 2.00. The summed E-state index contributed by atoms with van der Waals surface area (Å²) >= 11 is 0. The molecule has 1 rings (SSSR count). The van der Waals surface area contributed by atoms with E-state index in [9.17, 15) is 9.90 Å². The normalized spacial score (nSPS) is 31.9. The van der Waals surface area contributed by atoms with Crippen LogP contribution in [-0.4, -0.2) is 22.1 Å². The molecule has 14 heavy (non-hydrogen) atoms. The van der Waals surface area contributed by atoms with Gasteiger partial charge in [-0.05, 0) is 26.7 Å². The number of aliphatic hydroxyl groups is 1. The maximum Gasteiger partial charge on any atom is 0.190 e. The zero-order valence-electron chi connectivity index (χ0n) is 9.42.